The molecule has 3 N–H and O–H groups in total. The van der Waals surface area contributed by atoms with Gasteiger partial charge in [-0.2, -0.15) is 13.2 Å². The Morgan fingerprint density at radius 2 is 1.86 bits per heavy atom. The first kappa shape index (κ1) is 23.0. The number of halogens is 4. The second kappa shape index (κ2) is 9.00. The van der Waals surface area contributed by atoms with Crippen LogP contribution < -0.4 is 14.8 Å². The van der Waals surface area contributed by atoms with E-state index in [-0.39, 0.29) is 22.4 Å². The number of pyridine rings is 1. The lowest BCUT2D eigenvalue weighted by Gasteiger charge is -2.15. The number of aromatic nitrogens is 1. The first-order chi connectivity index (χ1) is 13.3. The Hall–Kier alpha value is -2.33. The van der Waals surface area contributed by atoms with Gasteiger partial charge in [0.1, 0.15) is 22.8 Å². The smallest absolute Gasteiger partial charge is 0.417 e. The number of nitrogens with zero attached hydrogens (tertiary/aromatic N) is 1. The van der Waals surface area contributed by atoms with Crippen LogP contribution >= 0.6 is 19.2 Å². The molecular weight excluding hydrogens is 440 g/mol. The maximum Gasteiger partial charge on any atom is 0.417 e. The van der Waals surface area contributed by atoms with Crippen LogP contribution in [0.1, 0.15) is 12.5 Å². The number of ether oxygens (including phenoxy) is 2. The van der Waals surface area contributed by atoms with Gasteiger partial charge in [0.25, 0.3) is 5.91 Å². The minimum Gasteiger partial charge on any atom is -0.481 e. The average molecular weight is 455 g/mol. The van der Waals surface area contributed by atoms with Gasteiger partial charge in [-0.1, -0.05) is 11.6 Å². The predicted molar refractivity (Wildman–Crippen MR) is 95.9 cm³/mol. The molecular formula is C16H15ClF3N2O6P. The van der Waals surface area contributed by atoms with Gasteiger partial charge in [0, 0.05) is 6.20 Å². The second-order valence-corrected chi connectivity index (χ2v) is 7.76. The molecule has 0 saturated heterocycles. The van der Waals surface area contributed by atoms with Crippen molar-refractivity contribution in [3.63, 3.8) is 0 Å². The average Bonchev–Trinajstić information content (AvgIpc) is 2.61. The highest BCUT2D eigenvalue weighted by molar-refractivity contribution is 7.51. The van der Waals surface area contributed by atoms with Crippen molar-refractivity contribution in [1.82, 2.24) is 10.3 Å². The summed E-state index contributed by atoms with van der Waals surface area (Å²) in [5.74, 6) is -0.513. The maximum absolute atomic E-state index is 12.6. The lowest BCUT2D eigenvalue weighted by atomic mass is 10.3. The quantitative estimate of drug-likeness (QED) is 0.547. The number of hydrogen-bond acceptors (Lipinski definition) is 5. The third kappa shape index (κ3) is 7.21. The fourth-order valence-electron chi connectivity index (χ4n) is 1.94. The van der Waals surface area contributed by atoms with Gasteiger partial charge in [-0.05, 0) is 37.3 Å². The molecule has 0 aliphatic rings. The van der Waals surface area contributed by atoms with E-state index < -0.39 is 37.6 Å². The number of carbonyl (C=O) groups excluding carboxylic acids is 1. The minimum atomic E-state index is -4.58. The molecule has 0 fully saturated rings. The fourth-order valence-corrected chi connectivity index (χ4v) is 2.50. The monoisotopic (exact) mass is 454 g/mol. The Morgan fingerprint density at radius 3 is 2.38 bits per heavy atom. The zero-order chi connectivity index (χ0) is 21.8. The zero-order valence-electron chi connectivity index (χ0n) is 14.7. The molecule has 1 heterocycles. The van der Waals surface area contributed by atoms with E-state index in [0.29, 0.717) is 12.3 Å². The van der Waals surface area contributed by atoms with Crippen molar-refractivity contribution in [3.8, 4) is 17.4 Å². The highest BCUT2D eigenvalue weighted by atomic mass is 35.5. The van der Waals surface area contributed by atoms with Crippen LogP contribution in [-0.2, 0) is 15.5 Å². The first-order valence-corrected chi connectivity index (χ1v) is 10.0. The van der Waals surface area contributed by atoms with E-state index >= 15 is 0 Å². The Morgan fingerprint density at radius 1 is 1.28 bits per heavy atom. The van der Waals surface area contributed by atoms with Gasteiger partial charge in [0.15, 0.2) is 6.10 Å². The lowest BCUT2D eigenvalue weighted by Crippen LogP contribution is -2.36. The van der Waals surface area contributed by atoms with Crippen molar-refractivity contribution < 1.29 is 41.8 Å². The van der Waals surface area contributed by atoms with E-state index in [2.05, 4.69) is 10.3 Å². The molecule has 8 nitrogen and oxygen atoms in total. The number of amides is 1. The van der Waals surface area contributed by atoms with Crippen LogP contribution in [0.25, 0.3) is 0 Å². The summed E-state index contributed by atoms with van der Waals surface area (Å²) < 4.78 is 59.3. The van der Waals surface area contributed by atoms with Crippen molar-refractivity contribution in [3.05, 3.63) is 47.1 Å². The standard InChI is InChI=1S/C16H15ClF3N2O6P/c1-9(14(23)22-8-29(24,25)26)27-11-2-4-12(5-3-11)28-15-13(17)6-10(7-21-15)16(18,19)20/h2-7,9H,8H2,1H3,(H,22,23)(H2,24,25,26). The number of hydrogen-bond donors (Lipinski definition) is 3. The number of carbonyl (C=O) groups is 1. The largest absolute Gasteiger partial charge is 0.481 e. The summed E-state index contributed by atoms with van der Waals surface area (Å²) >= 11 is 5.77. The third-order valence-electron chi connectivity index (χ3n) is 3.31. The van der Waals surface area contributed by atoms with Crippen LogP contribution in [-0.4, -0.2) is 33.1 Å². The van der Waals surface area contributed by atoms with E-state index in [4.69, 9.17) is 30.9 Å². The molecule has 1 aromatic carbocycles. The van der Waals surface area contributed by atoms with E-state index in [9.17, 15) is 22.5 Å². The summed E-state index contributed by atoms with van der Waals surface area (Å²) in [6.07, 6.45) is -5.84. The molecule has 13 heteroatoms. The second-order valence-electron chi connectivity index (χ2n) is 5.71. The molecule has 0 aliphatic heterocycles. The fraction of sp³-hybridized carbons (Fsp3) is 0.250. The molecule has 2 aromatic rings. The predicted octanol–water partition coefficient (Wildman–Crippen LogP) is 3.56. The highest BCUT2D eigenvalue weighted by Gasteiger charge is 2.31. The van der Waals surface area contributed by atoms with Crippen LogP contribution in [0.2, 0.25) is 5.02 Å². The van der Waals surface area contributed by atoms with Gasteiger partial charge in [-0.15, -0.1) is 0 Å². The Labute approximate surface area is 167 Å². The van der Waals surface area contributed by atoms with E-state index in [1.807, 2.05) is 0 Å². The van der Waals surface area contributed by atoms with E-state index in [0.717, 1.165) is 0 Å². The lowest BCUT2D eigenvalue weighted by molar-refractivity contribution is -0.137. The molecule has 29 heavy (non-hydrogen) atoms. The van der Waals surface area contributed by atoms with Crippen molar-refractivity contribution in [2.75, 3.05) is 6.29 Å². The molecule has 0 aliphatic carbocycles. The van der Waals surface area contributed by atoms with Crippen LogP contribution in [0.4, 0.5) is 13.2 Å². The van der Waals surface area contributed by atoms with Gasteiger partial charge < -0.3 is 24.6 Å². The Balaban J connectivity index is 1.98. The molecule has 0 radical (unpaired) electrons. The maximum atomic E-state index is 12.6. The van der Waals surface area contributed by atoms with Crippen molar-refractivity contribution in [2.45, 2.75) is 19.2 Å². The first-order valence-electron chi connectivity index (χ1n) is 7.85. The number of alkyl halides is 3. The number of rotatable bonds is 7. The van der Waals surface area contributed by atoms with Gasteiger partial charge in [-0.3, -0.25) is 9.36 Å². The van der Waals surface area contributed by atoms with Gasteiger partial charge >= 0.3 is 13.8 Å². The molecule has 0 spiro atoms. The topological polar surface area (TPSA) is 118 Å². The Kier molecular flexibility index (Phi) is 7.12. The third-order valence-corrected chi connectivity index (χ3v) is 4.16. The summed E-state index contributed by atoms with van der Waals surface area (Å²) in [4.78, 5) is 32.8. The van der Waals surface area contributed by atoms with Crippen molar-refractivity contribution in [2.24, 2.45) is 0 Å². The molecule has 1 amide bonds. The van der Waals surface area contributed by atoms with Crippen LogP contribution in [0.15, 0.2) is 36.5 Å². The number of nitrogens with one attached hydrogen (secondary N) is 1. The molecule has 2 rings (SSSR count). The zero-order valence-corrected chi connectivity index (χ0v) is 16.3. The molecule has 1 unspecified atom stereocenters. The summed E-state index contributed by atoms with van der Waals surface area (Å²) in [6, 6.07) is 6.34. The van der Waals surface area contributed by atoms with Crippen LogP contribution in [0.3, 0.4) is 0 Å². The van der Waals surface area contributed by atoms with Crippen molar-refractivity contribution in [1.29, 1.82) is 0 Å². The minimum absolute atomic E-state index is 0.199. The van der Waals surface area contributed by atoms with E-state index in [1.165, 1.54) is 31.2 Å². The molecule has 1 aromatic heterocycles. The van der Waals surface area contributed by atoms with Crippen LogP contribution in [0, 0.1) is 0 Å². The SMILES string of the molecule is CC(Oc1ccc(Oc2ncc(C(F)(F)F)cc2Cl)cc1)C(=O)NCP(=O)(O)O. The summed E-state index contributed by atoms with van der Waals surface area (Å²) in [5.41, 5.74) is -1.01. The van der Waals surface area contributed by atoms with Gasteiger partial charge in [0.05, 0.1) is 5.56 Å². The molecule has 158 valence electrons. The molecule has 0 saturated carbocycles. The van der Waals surface area contributed by atoms with Crippen molar-refractivity contribution >= 4 is 25.1 Å². The van der Waals surface area contributed by atoms with Crippen LogP contribution in [0.5, 0.6) is 17.4 Å². The normalized spacial score (nSPS) is 12.9. The Bertz CT molecular complexity index is 920. The van der Waals surface area contributed by atoms with Gasteiger partial charge in [-0.25, -0.2) is 4.98 Å². The highest BCUT2D eigenvalue weighted by Crippen LogP contribution is 2.35. The molecule has 1 atom stereocenters. The molecule has 0 bridgehead atoms. The number of benzene rings is 1. The van der Waals surface area contributed by atoms with E-state index in [1.54, 1.807) is 0 Å². The summed E-state index contributed by atoms with van der Waals surface area (Å²) in [6.45, 7) is 1.38. The van der Waals surface area contributed by atoms with Gasteiger partial charge in [0.2, 0.25) is 5.88 Å². The summed E-state index contributed by atoms with van der Waals surface area (Å²) in [7, 11) is -4.38. The summed E-state index contributed by atoms with van der Waals surface area (Å²) in [5, 5.41) is 1.73.